The van der Waals surface area contributed by atoms with E-state index in [1.54, 1.807) is 32.0 Å². The summed E-state index contributed by atoms with van der Waals surface area (Å²) in [5.74, 6) is 1.19. The van der Waals surface area contributed by atoms with Gasteiger partial charge in [0.2, 0.25) is 0 Å². The molecule has 0 saturated heterocycles. The van der Waals surface area contributed by atoms with E-state index in [4.69, 9.17) is 14.2 Å². The van der Waals surface area contributed by atoms with Crippen molar-refractivity contribution in [3.63, 3.8) is 0 Å². The molecule has 0 aliphatic rings. The van der Waals surface area contributed by atoms with Crippen LogP contribution in [0.2, 0.25) is 0 Å². The van der Waals surface area contributed by atoms with Gasteiger partial charge in [0.05, 0.1) is 31.8 Å². The minimum Gasteiger partial charge on any atom is -0.498 e. The van der Waals surface area contributed by atoms with Gasteiger partial charge >= 0.3 is 0 Å². The average molecular weight is 329 g/mol. The van der Waals surface area contributed by atoms with Crippen LogP contribution >= 0.6 is 0 Å². The summed E-state index contributed by atoms with van der Waals surface area (Å²) >= 11 is 0. The van der Waals surface area contributed by atoms with Gasteiger partial charge in [0.1, 0.15) is 17.6 Å². The third kappa shape index (κ3) is 3.83. The molecular formula is C18H23N3O3. The average Bonchev–Trinajstić information content (AvgIpc) is 3.00. The number of allylic oxidation sites excluding steroid dienone is 3. The Kier molecular flexibility index (Phi) is 5.76. The monoisotopic (exact) mass is 329 g/mol. The minimum absolute atomic E-state index is 0.192. The molecular weight excluding hydrogens is 306 g/mol. The number of fused-ring (bicyclic) bond motifs is 1. The molecule has 1 atom stereocenters. The maximum atomic E-state index is 5.46. The molecule has 0 spiro atoms. The molecule has 6 heteroatoms. The van der Waals surface area contributed by atoms with E-state index in [9.17, 15) is 0 Å². The highest BCUT2D eigenvalue weighted by Gasteiger charge is 2.14. The predicted molar refractivity (Wildman–Crippen MR) is 93.4 cm³/mol. The van der Waals surface area contributed by atoms with E-state index in [1.165, 1.54) is 0 Å². The van der Waals surface area contributed by atoms with Crippen molar-refractivity contribution < 1.29 is 14.2 Å². The molecule has 2 aromatic heterocycles. The Morgan fingerprint density at radius 2 is 1.96 bits per heavy atom. The molecule has 0 fully saturated rings. The van der Waals surface area contributed by atoms with Crippen LogP contribution < -0.4 is 0 Å². The quantitative estimate of drug-likeness (QED) is 0.577. The Balaban J connectivity index is 2.61. The van der Waals surface area contributed by atoms with Gasteiger partial charge in [-0.3, -0.25) is 0 Å². The molecule has 0 radical (unpaired) electrons. The second-order valence-corrected chi connectivity index (χ2v) is 5.29. The van der Waals surface area contributed by atoms with Gasteiger partial charge in [-0.05, 0) is 38.1 Å². The fourth-order valence-corrected chi connectivity index (χ4v) is 2.20. The number of methoxy groups -OCH3 is 3. The third-order valence-electron chi connectivity index (χ3n) is 3.66. The van der Waals surface area contributed by atoms with Crippen molar-refractivity contribution in [2.75, 3.05) is 21.3 Å². The SMILES string of the molecule is C=C(/C=C(\C=C(\OC)C(C)OC)c1cnc2ccc(C)nn12)OC. The fraction of sp³-hybridized carbons (Fsp3) is 0.333. The number of ether oxygens (including phenoxy) is 3. The van der Waals surface area contributed by atoms with Crippen molar-refractivity contribution in [3.8, 4) is 0 Å². The topological polar surface area (TPSA) is 57.9 Å². The molecule has 24 heavy (non-hydrogen) atoms. The lowest BCUT2D eigenvalue weighted by Gasteiger charge is -2.14. The smallest absolute Gasteiger partial charge is 0.154 e. The van der Waals surface area contributed by atoms with Crippen LogP contribution in [-0.4, -0.2) is 42.0 Å². The number of rotatable bonds is 7. The first-order chi connectivity index (χ1) is 11.5. The zero-order chi connectivity index (χ0) is 17.7. The zero-order valence-corrected chi connectivity index (χ0v) is 14.7. The minimum atomic E-state index is -0.192. The first-order valence-electron chi connectivity index (χ1n) is 7.54. The van der Waals surface area contributed by atoms with Crippen LogP contribution in [0, 0.1) is 6.92 Å². The first-order valence-corrected chi connectivity index (χ1v) is 7.54. The summed E-state index contributed by atoms with van der Waals surface area (Å²) in [5, 5.41) is 4.53. The van der Waals surface area contributed by atoms with Gasteiger partial charge in [-0.25, -0.2) is 9.50 Å². The third-order valence-corrected chi connectivity index (χ3v) is 3.66. The van der Waals surface area contributed by atoms with E-state index in [-0.39, 0.29) is 6.10 Å². The van der Waals surface area contributed by atoms with Gasteiger partial charge in [-0.1, -0.05) is 6.58 Å². The standard InChI is InChI=1S/C18H23N3O3/c1-12-7-8-18-19-11-16(21(18)20-12)15(9-13(2)22-4)10-17(24-6)14(3)23-5/h7-11,14H,2H2,1,3-6H3/b15-9+,17-10+. The van der Waals surface area contributed by atoms with Crippen LogP contribution in [0.4, 0.5) is 0 Å². The van der Waals surface area contributed by atoms with E-state index in [2.05, 4.69) is 16.7 Å². The summed E-state index contributed by atoms with van der Waals surface area (Å²) in [6.45, 7) is 7.71. The number of hydrogen-bond acceptors (Lipinski definition) is 5. The Hall–Kier alpha value is -2.60. The van der Waals surface area contributed by atoms with Gasteiger partial charge in [0, 0.05) is 12.7 Å². The van der Waals surface area contributed by atoms with Crippen molar-refractivity contribution in [1.82, 2.24) is 14.6 Å². The molecule has 0 aliphatic carbocycles. The molecule has 2 heterocycles. The number of imidazole rings is 1. The predicted octanol–water partition coefficient (Wildman–Crippen LogP) is 3.15. The molecule has 0 N–H and O–H groups in total. The molecule has 0 aliphatic heterocycles. The van der Waals surface area contributed by atoms with Crippen LogP contribution in [0.5, 0.6) is 0 Å². The van der Waals surface area contributed by atoms with E-state index in [0.29, 0.717) is 11.5 Å². The van der Waals surface area contributed by atoms with Crippen LogP contribution in [0.15, 0.2) is 48.6 Å². The molecule has 1 unspecified atom stereocenters. The van der Waals surface area contributed by atoms with Crippen molar-refractivity contribution in [3.05, 3.63) is 60.0 Å². The Bertz CT molecular complexity index is 790. The lowest BCUT2D eigenvalue weighted by molar-refractivity contribution is 0.0918. The molecule has 0 aromatic carbocycles. The number of aryl methyl sites for hydroxylation is 1. The molecule has 2 rings (SSSR count). The highest BCUT2D eigenvalue weighted by atomic mass is 16.5. The fourth-order valence-electron chi connectivity index (χ4n) is 2.20. The molecule has 0 amide bonds. The Morgan fingerprint density at radius 3 is 2.58 bits per heavy atom. The largest absolute Gasteiger partial charge is 0.498 e. The Morgan fingerprint density at radius 1 is 1.21 bits per heavy atom. The van der Waals surface area contributed by atoms with Crippen molar-refractivity contribution >= 4 is 11.2 Å². The first kappa shape index (κ1) is 17.7. The van der Waals surface area contributed by atoms with Gasteiger partial charge < -0.3 is 14.2 Å². The van der Waals surface area contributed by atoms with Crippen LogP contribution in [0.25, 0.3) is 11.2 Å². The van der Waals surface area contributed by atoms with Crippen LogP contribution in [-0.2, 0) is 14.2 Å². The van der Waals surface area contributed by atoms with Crippen molar-refractivity contribution in [1.29, 1.82) is 0 Å². The maximum absolute atomic E-state index is 5.46. The highest BCUT2D eigenvalue weighted by Crippen LogP contribution is 2.22. The summed E-state index contributed by atoms with van der Waals surface area (Å²) in [6, 6.07) is 3.85. The van der Waals surface area contributed by atoms with Gasteiger partial charge in [-0.2, -0.15) is 5.10 Å². The molecule has 128 valence electrons. The molecule has 6 nitrogen and oxygen atoms in total. The lowest BCUT2D eigenvalue weighted by Crippen LogP contribution is -2.11. The second-order valence-electron chi connectivity index (χ2n) is 5.29. The summed E-state index contributed by atoms with van der Waals surface area (Å²) in [5.41, 5.74) is 3.28. The van der Waals surface area contributed by atoms with Crippen molar-refractivity contribution in [2.24, 2.45) is 0 Å². The van der Waals surface area contributed by atoms with Gasteiger partial charge in [-0.15, -0.1) is 0 Å². The molecule has 0 bridgehead atoms. The summed E-state index contributed by atoms with van der Waals surface area (Å²) < 4.78 is 17.8. The van der Waals surface area contributed by atoms with Crippen LogP contribution in [0.3, 0.4) is 0 Å². The summed E-state index contributed by atoms with van der Waals surface area (Å²) in [7, 11) is 4.82. The maximum Gasteiger partial charge on any atom is 0.154 e. The second kappa shape index (κ2) is 7.79. The molecule has 0 saturated carbocycles. The van der Waals surface area contributed by atoms with Crippen LogP contribution in [0.1, 0.15) is 18.3 Å². The van der Waals surface area contributed by atoms with Gasteiger partial charge in [0.25, 0.3) is 0 Å². The Labute approximate surface area is 142 Å². The van der Waals surface area contributed by atoms with Gasteiger partial charge in [0.15, 0.2) is 5.65 Å². The normalized spacial score (nSPS) is 13.9. The lowest BCUT2D eigenvalue weighted by atomic mass is 10.1. The van der Waals surface area contributed by atoms with E-state index >= 15 is 0 Å². The summed E-state index contributed by atoms with van der Waals surface area (Å²) in [4.78, 5) is 4.40. The number of nitrogens with zero attached hydrogens (tertiary/aromatic N) is 3. The van der Waals surface area contributed by atoms with Crippen molar-refractivity contribution in [2.45, 2.75) is 20.0 Å². The number of aromatic nitrogens is 3. The van der Waals surface area contributed by atoms with E-state index in [0.717, 1.165) is 22.6 Å². The molecule has 2 aromatic rings. The van der Waals surface area contributed by atoms with E-state index < -0.39 is 0 Å². The highest BCUT2D eigenvalue weighted by molar-refractivity contribution is 5.75. The number of hydrogen-bond donors (Lipinski definition) is 0. The summed E-state index contributed by atoms with van der Waals surface area (Å²) in [6.07, 6.45) is 5.27. The van der Waals surface area contributed by atoms with E-state index in [1.807, 2.05) is 38.1 Å². The zero-order valence-electron chi connectivity index (χ0n) is 14.7.